The van der Waals surface area contributed by atoms with E-state index >= 15 is 0 Å². The summed E-state index contributed by atoms with van der Waals surface area (Å²) in [5.41, 5.74) is 0.506. The molecule has 0 N–H and O–H groups in total. The van der Waals surface area contributed by atoms with Gasteiger partial charge in [0.15, 0.2) is 0 Å². The van der Waals surface area contributed by atoms with E-state index < -0.39 is 91.2 Å². The van der Waals surface area contributed by atoms with Crippen molar-refractivity contribution >= 4 is 32.8 Å². The monoisotopic (exact) mass is 1430 g/mol. The van der Waals surface area contributed by atoms with Crippen molar-refractivity contribution < 1.29 is 56.4 Å². The van der Waals surface area contributed by atoms with Gasteiger partial charge >= 0.3 is 0 Å². The third-order valence-corrected chi connectivity index (χ3v) is 19.7. The van der Waals surface area contributed by atoms with Gasteiger partial charge in [0.05, 0.1) is 20.8 Å². The number of hydrogen-bond acceptors (Lipinski definition) is 2. The van der Waals surface area contributed by atoms with E-state index in [1.54, 1.807) is 41.1 Å². The molecule has 6 heteroatoms. The number of pyridine rings is 1. The fourth-order valence-electron chi connectivity index (χ4n) is 14.2. The van der Waals surface area contributed by atoms with Crippen LogP contribution in [0, 0.1) is 18.5 Å². The molecule has 0 spiro atoms. The van der Waals surface area contributed by atoms with Crippen molar-refractivity contribution in [3.8, 4) is 84.3 Å². The van der Waals surface area contributed by atoms with Gasteiger partial charge < -0.3 is 13.9 Å². The molecule has 1 aliphatic heterocycles. The van der Waals surface area contributed by atoms with Crippen molar-refractivity contribution in [3.05, 3.63) is 233 Å². The predicted octanol–water partition coefficient (Wildman–Crippen LogP) is 22.8. The van der Waals surface area contributed by atoms with E-state index in [-0.39, 0.29) is 59.6 Å². The first-order chi connectivity index (χ1) is 51.7. The normalized spacial score (nSPS) is 20.6. The fraction of sp³-hybridized carbons (Fsp3) is 0.318. The molecule has 0 amide bonds. The number of nitrogens with zero attached hydrogens (tertiary/aromatic N) is 4. The van der Waals surface area contributed by atoms with Crippen LogP contribution in [0.4, 0.5) is 0 Å². The van der Waals surface area contributed by atoms with Gasteiger partial charge in [0.25, 0.3) is 6.33 Å². The van der Waals surface area contributed by atoms with Crippen LogP contribution >= 0.6 is 0 Å². The number of aromatic nitrogens is 4. The van der Waals surface area contributed by atoms with Crippen LogP contribution in [0.15, 0.2) is 176 Å². The Hall–Kier alpha value is -8.11. The van der Waals surface area contributed by atoms with Gasteiger partial charge in [-0.3, -0.25) is 4.57 Å². The largest absolute Gasteiger partial charge is 0.510 e. The topological polar surface area (TPSA) is 35.9 Å². The summed E-state index contributed by atoms with van der Waals surface area (Å²) in [6.45, 7) is 11.5. The zero-order valence-corrected chi connectivity index (χ0v) is 57.7. The Morgan fingerprint density at radius 3 is 1.82 bits per heavy atom. The molecule has 3 aliphatic rings. The molecule has 5 nitrogen and oxygen atoms in total. The van der Waals surface area contributed by atoms with Crippen LogP contribution in [0.1, 0.15) is 208 Å². The smallest absolute Gasteiger partial charge is 0.268 e. The Kier molecular flexibility index (Phi) is 10.4. The number of ether oxygens (including phenoxy) is 1. The molecule has 2 aliphatic carbocycles. The minimum Gasteiger partial charge on any atom is -0.510 e. The zero-order chi connectivity index (χ0) is 81.5. The van der Waals surface area contributed by atoms with E-state index in [2.05, 4.69) is 174 Å². The number of fused-ring (bicyclic) bond motifs is 12. The number of rotatable bonds is 6. The Morgan fingerprint density at radius 2 is 1.14 bits per heavy atom. The van der Waals surface area contributed by atoms with Crippen molar-refractivity contribution in [2.75, 3.05) is 0 Å². The maximum Gasteiger partial charge on any atom is 0.268 e. The molecule has 0 unspecified atom stereocenters. The summed E-state index contributed by atoms with van der Waals surface area (Å²) in [4.78, 5) is 4.89. The minimum absolute atomic E-state index is 0. The summed E-state index contributed by atoms with van der Waals surface area (Å²) < 4.78 is 192. The second kappa shape index (κ2) is 22.0. The molecule has 9 aromatic carbocycles. The second-order valence-corrected chi connectivity index (χ2v) is 30.3. The number of para-hydroxylation sites is 1. The summed E-state index contributed by atoms with van der Waals surface area (Å²) >= 11 is 0. The summed E-state index contributed by atoms with van der Waals surface area (Å²) in [5, 5.41) is 1.87. The standard InChI is InChI=1S/C88H88N4O.Pt/c1-82(2,3)57-32-29-54(30-33-57)67-46-59(84(7,8)9)47-71-69-52-75-74(87(14,15)40-41-88(75,16)17)51-68(69)63-25-18-19-26-64(63)70-43-56(55-31-36-72-73(44-55)86(12,13)39-38-85(72,10)11)45-78-81(70)91(80(67)71)53-90(78)60-23-22-24-61(49-60)93-62-34-35-66-65-27-20-21-28-76(65)92(77(66)50-62)79-48-58(37-42-89-79)83(4,5)6;/h18-37,42-48,51-52H,38-41H2,1-17H3;/q-2;/i10D3,11D3,12D3,13D3,31D,36D,38D2,39D2,44D;. The number of hydrogen-bond donors (Lipinski definition) is 0. The van der Waals surface area contributed by atoms with Gasteiger partial charge in [0, 0.05) is 66.2 Å². The van der Waals surface area contributed by atoms with E-state index in [9.17, 15) is 17.8 Å². The molecule has 0 radical (unpaired) electrons. The van der Waals surface area contributed by atoms with Crippen LogP contribution in [0.5, 0.6) is 11.5 Å². The average molecular weight is 1430 g/mol. The van der Waals surface area contributed by atoms with Crippen molar-refractivity contribution in [2.45, 2.75) is 181 Å². The Labute approximate surface area is 599 Å². The minimum atomic E-state index is -4.55. The second-order valence-electron chi connectivity index (χ2n) is 30.3. The van der Waals surface area contributed by atoms with Crippen LogP contribution in [0.25, 0.3) is 106 Å². The number of benzene rings is 9. The average Bonchev–Trinajstić information content (AvgIpc) is 0.990. The van der Waals surface area contributed by atoms with Gasteiger partial charge in [-0.15, -0.1) is 29.7 Å². The molecule has 0 atom stereocenters. The molecule has 94 heavy (non-hydrogen) atoms. The van der Waals surface area contributed by atoms with Crippen molar-refractivity contribution in [3.63, 3.8) is 0 Å². The zero-order valence-electron chi connectivity index (χ0n) is 74.4. The van der Waals surface area contributed by atoms with Crippen LogP contribution in [-0.2, 0) is 59.0 Å². The quantitative estimate of drug-likeness (QED) is 0.123. The van der Waals surface area contributed by atoms with E-state index in [0.717, 1.165) is 84.8 Å². The molecule has 0 saturated heterocycles. The molecule has 15 rings (SSSR count). The third kappa shape index (κ3) is 10.5. The maximum atomic E-state index is 10.6. The summed E-state index contributed by atoms with van der Waals surface area (Å²) in [6.07, 6.45) is -1.65. The van der Waals surface area contributed by atoms with E-state index in [1.165, 1.54) is 5.56 Å². The first-order valence-electron chi connectivity index (χ1n) is 41.7. The maximum absolute atomic E-state index is 10.6. The SMILES string of the molecule is [2H]c1c([2H])c2c(c([2H])c1-c1cc3c4c(c1)n(-c1[c-]c(Oc5[c-]c6c(cc5)c5ccccc5n6-c5cc(C(C)(C)C)ccn5)ccc1)[c-][n+]4-c1c(-c4ccc(C(C)(C)C)cc4)cc(C(C)(C)C)cc1-c1cc4c(cc1-c1ccccc1-3)C(C)(C)CCC4(C)C)C(C([2H])([2H])[2H])(C([2H])([2H])[2H])C([2H])([2H])C([2H])([2H])C2(C([2H])([2H])[2H])C([2H])([2H])[2H].[Pt]. The van der Waals surface area contributed by atoms with Crippen LogP contribution in [-0.4, -0.2) is 14.1 Å². The molecule has 478 valence electrons. The molecule has 0 fully saturated rings. The van der Waals surface area contributed by atoms with E-state index in [4.69, 9.17) is 17.9 Å². The summed E-state index contributed by atoms with van der Waals surface area (Å²) in [6, 6.07) is 53.1. The molecule has 3 aromatic heterocycles. The van der Waals surface area contributed by atoms with E-state index in [0.29, 0.717) is 45.1 Å². The molecule has 0 saturated carbocycles. The molecule has 0 bridgehead atoms. The van der Waals surface area contributed by atoms with Crippen LogP contribution in [0.3, 0.4) is 0 Å². The van der Waals surface area contributed by atoms with Gasteiger partial charge in [-0.05, 0) is 199 Å². The van der Waals surface area contributed by atoms with Crippen LogP contribution < -0.4 is 9.30 Å². The van der Waals surface area contributed by atoms with Crippen LogP contribution in [0.2, 0.25) is 0 Å². The predicted molar refractivity (Wildman–Crippen MR) is 387 cm³/mol. The first-order valence-corrected chi connectivity index (χ1v) is 32.2. The Morgan fingerprint density at radius 1 is 0.511 bits per heavy atom. The fourth-order valence-corrected chi connectivity index (χ4v) is 14.2. The third-order valence-electron chi connectivity index (χ3n) is 19.7. The van der Waals surface area contributed by atoms with E-state index in [1.807, 2.05) is 65.2 Å². The van der Waals surface area contributed by atoms with Gasteiger partial charge in [-0.1, -0.05) is 232 Å². The van der Waals surface area contributed by atoms with Gasteiger partial charge in [-0.2, -0.15) is 18.2 Å². The number of imidazole rings is 1. The Balaban J connectivity index is 0.0000106. The van der Waals surface area contributed by atoms with Gasteiger partial charge in [0.2, 0.25) is 0 Å². The molecular weight excluding hydrogens is 1320 g/mol. The molecule has 12 aromatic rings. The van der Waals surface area contributed by atoms with Crippen molar-refractivity contribution in [2.24, 2.45) is 0 Å². The van der Waals surface area contributed by atoms with Crippen molar-refractivity contribution in [1.82, 2.24) is 14.1 Å². The summed E-state index contributed by atoms with van der Waals surface area (Å²) in [5.74, 6) is 1.22. The molecule has 4 heterocycles. The first kappa shape index (κ1) is 44.5. The Bertz CT molecular complexity index is 5900. The molecular formula is C88H88N4OPt-2. The summed E-state index contributed by atoms with van der Waals surface area (Å²) in [7, 11) is 0. The van der Waals surface area contributed by atoms with Crippen molar-refractivity contribution in [1.29, 1.82) is 0 Å². The van der Waals surface area contributed by atoms with Gasteiger partial charge in [-0.25, -0.2) is 4.98 Å². The van der Waals surface area contributed by atoms with Gasteiger partial charge in [0.1, 0.15) is 5.82 Å².